The fourth-order valence-corrected chi connectivity index (χ4v) is 5.05. The third kappa shape index (κ3) is 4.81. The van der Waals surface area contributed by atoms with Crippen molar-refractivity contribution in [1.29, 1.82) is 0 Å². The van der Waals surface area contributed by atoms with Gasteiger partial charge in [-0.25, -0.2) is 12.8 Å². The highest BCUT2D eigenvalue weighted by Crippen LogP contribution is 2.25. The molecule has 0 saturated carbocycles. The third-order valence-electron chi connectivity index (χ3n) is 4.79. The Labute approximate surface area is 176 Å². The van der Waals surface area contributed by atoms with Crippen LogP contribution in [0, 0.1) is 11.7 Å². The van der Waals surface area contributed by atoms with Gasteiger partial charge >= 0.3 is 0 Å². The van der Waals surface area contributed by atoms with Crippen molar-refractivity contribution in [1.82, 2.24) is 9.88 Å². The summed E-state index contributed by atoms with van der Waals surface area (Å²) in [4.78, 5) is 6.88. The molecule has 4 rings (SSSR count). The summed E-state index contributed by atoms with van der Waals surface area (Å²) in [5, 5.41) is 2.30. The first-order valence-corrected chi connectivity index (χ1v) is 10.2. The largest absolute Gasteiger partial charge is 0.297 e. The van der Waals surface area contributed by atoms with E-state index in [4.69, 9.17) is 0 Å². The molecule has 4 nitrogen and oxygen atoms in total. The zero-order valence-corrected chi connectivity index (χ0v) is 17.4. The quantitative estimate of drug-likeness (QED) is 0.557. The van der Waals surface area contributed by atoms with Crippen molar-refractivity contribution in [2.24, 2.45) is 5.92 Å². The van der Waals surface area contributed by atoms with Crippen molar-refractivity contribution in [2.45, 2.75) is 11.4 Å². The van der Waals surface area contributed by atoms with Gasteiger partial charge in [-0.3, -0.25) is 9.88 Å². The molecule has 1 aromatic heterocycles. The monoisotopic (exact) mass is 442 g/mol. The molecule has 2 aromatic carbocycles. The number of fused-ring (bicyclic) bond motifs is 1. The van der Waals surface area contributed by atoms with Gasteiger partial charge in [0, 0.05) is 31.2 Å². The number of likely N-dealkylation sites (tertiary alicyclic amines) is 1. The predicted octanol–water partition coefficient (Wildman–Crippen LogP) is 4.12. The molecule has 1 fully saturated rings. The van der Waals surface area contributed by atoms with Gasteiger partial charge in [0.2, 0.25) is 0 Å². The summed E-state index contributed by atoms with van der Waals surface area (Å²) in [6, 6.07) is 15.2. The number of hydrogen-bond acceptors (Lipinski definition) is 4. The van der Waals surface area contributed by atoms with Crippen LogP contribution >= 0.6 is 24.8 Å². The second-order valence-electron chi connectivity index (χ2n) is 6.77. The molecule has 0 amide bonds. The van der Waals surface area contributed by atoms with E-state index in [2.05, 4.69) is 22.0 Å². The van der Waals surface area contributed by atoms with Crippen molar-refractivity contribution in [3.8, 4) is 0 Å². The number of aromatic nitrogens is 1. The Morgan fingerprint density at radius 3 is 2.39 bits per heavy atom. The van der Waals surface area contributed by atoms with Crippen molar-refractivity contribution >= 4 is 45.4 Å². The Morgan fingerprint density at radius 1 is 1.00 bits per heavy atom. The van der Waals surface area contributed by atoms with Crippen molar-refractivity contribution in [3.05, 3.63) is 72.3 Å². The van der Waals surface area contributed by atoms with Crippen LogP contribution in [0.15, 0.2) is 65.7 Å². The molecule has 2 heterocycles. The van der Waals surface area contributed by atoms with Crippen LogP contribution < -0.4 is 0 Å². The van der Waals surface area contributed by atoms with E-state index in [9.17, 15) is 12.8 Å². The van der Waals surface area contributed by atoms with E-state index in [1.54, 1.807) is 0 Å². The van der Waals surface area contributed by atoms with Gasteiger partial charge in [0.15, 0.2) is 9.84 Å². The minimum atomic E-state index is -3.38. The fourth-order valence-electron chi connectivity index (χ4n) is 3.48. The topological polar surface area (TPSA) is 50.3 Å². The summed E-state index contributed by atoms with van der Waals surface area (Å²) in [6.07, 6.45) is 1.81. The van der Waals surface area contributed by atoms with E-state index < -0.39 is 15.7 Å². The highest BCUT2D eigenvalue weighted by molar-refractivity contribution is 7.91. The maximum absolute atomic E-state index is 13.0. The van der Waals surface area contributed by atoms with E-state index in [1.165, 1.54) is 24.3 Å². The molecule has 0 aliphatic carbocycles. The van der Waals surface area contributed by atoms with Crippen LogP contribution in [-0.2, 0) is 16.4 Å². The Kier molecular flexibility index (Phi) is 7.39. The Hall–Kier alpha value is -1.73. The molecular weight excluding hydrogens is 422 g/mol. The van der Waals surface area contributed by atoms with E-state index in [1.807, 2.05) is 24.4 Å². The zero-order chi connectivity index (χ0) is 18.1. The van der Waals surface area contributed by atoms with Crippen LogP contribution in [0.1, 0.15) is 5.69 Å². The van der Waals surface area contributed by atoms with Crippen LogP contribution in [0.2, 0.25) is 0 Å². The van der Waals surface area contributed by atoms with Gasteiger partial charge in [0.05, 0.1) is 16.3 Å². The molecule has 0 atom stereocenters. The van der Waals surface area contributed by atoms with E-state index >= 15 is 0 Å². The number of pyridine rings is 1. The number of halogens is 3. The van der Waals surface area contributed by atoms with E-state index in [0.29, 0.717) is 6.54 Å². The predicted molar refractivity (Wildman–Crippen MR) is 113 cm³/mol. The molecule has 0 unspecified atom stereocenters. The van der Waals surface area contributed by atoms with Gasteiger partial charge in [-0.2, -0.15) is 0 Å². The molecule has 28 heavy (non-hydrogen) atoms. The molecule has 0 radical (unpaired) electrons. The molecule has 0 spiro atoms. The molecule has 1 aliphatic rings. The average Bonchev–Trinajstić information content (AvgIpc) is 2.60. The van der Waals surface area contributed by atoms with Gasteiger partial charge in [-0.05, 0) is 41.6 Å². The molecule has 0 bridgehead atoms. The molecule has 0 N–H and O–H groups in total. The number of benzene rings is 2. The van der Waals surface area contributed by atoms with Crippen LogP contribution in [0.3, 0.4) is 0 Å². The Bertz CT molecular complexity index is 1030. The van der Waals surface area contributed by atoms with Crippen LogP contribution in [0.25, 0.3) is 10.8 Å². The minimum Gasteiger partial charge on any atom is -0.297 e. The standard InChI is InChI=1S/C20H19FN2O2S.2ClH/c21-17-5-7-18(8-6-17)26(24,25)14-15-11-23(12-15)13-20-19-4-2-1-3-16(19)9-10-22-20;;/h1-10,15H,11-14H2;2*1H. The highest BCUT2D eigenvalue weighted by Gasteiger charge is 2.32. The van der Waals surface area contributed by atoms with Gasteiger partial charge in [0.25, 0.3) is 0 Å². The average molecular weight is 443 g/mol. The Morgan fingerprint density at radius 2 is 1.68 bits per heavy atom. The first-order chi connectivity index (χ1) is 12.5. The molecule has 1 saturated heterocycles. The molecule has 8 heteroatoms. The number of rotatable bonds is 5. The fraction of sp³-hybridized carbons (Fsp3) is 0.250. The summed E-state index contributed by atoms with van der Waals surface area (Å²) in [5.74, 6) is -0.237. The van der Waals surface area contributed by atoms with Gasteiger partial charge in [0.1, 0.15) is 5.82 Å². The summed E-state index contributed by atoms with van der Waals surface area (Å²) < 4.78 is 37.8. The van der Waals surface area contributed by atoms with Crippen LogP contribution in [0.5, 0.6) is 0 Å². The lowest BCUT2D eigenvalue weighted by atomic mass is 10.0. The normalized spacial score (nSPS) is 14.8. The van der Waals surface area contributed by atoms with E-state index in [-0.39, 0.29) is 41.4 Å². The van der Waals surface area contributed by atoms with Crippen LogP contribution in [0.4, 0.5) is 4.39 Å². The maximum Gasteiger partial charge on any atom is 0.178 e. The molecule has 1 aliphatic heterocycles. The lowest BCUT2D eigenvalue weighted by Crippen LogP contribution is -2.48. The SMILES string of the molecule is Cl.Cl.O=S(=O)(CC1CN(Cc2nccc3ccccc23)C1)c1ccc(F)cc1. The van der Waals surface area contributed by atoms with Crippen LogP contribution in [-0.4, -0.2) is 37.1 Å². The van der Waals surface area contributed by atoms with Gasteiger partial charge in [-0.15, -0.1) is 24.8 Å². The first-order valence-electron chi connectivity index (χ1n) is 8.54. The molecular formula is C20H21Cl2FN2O2S. The minimum absolute atomic E-state index is 0. The summed E-state index contributed by atoms with van der Waals surface area (Å²) in [6.45, 7) is 2.17. The zero-order valence-electron chi connectivity index (χ0n) is 15.0. The third-order valence-corrected chi connectivity index (χ3v) is 6.69. The molecule has 150 valence electrons. The number of nitrogens with zero attached hydrogens (tertiary/aromatic N) is 2. The molecule has 3 aromatic rings. The van der Waals surface area contributed by atoms with E-state index in [0.717, 1.165) is 29.6 Å². The maximum atomic E-state index is 13.0. The van der Waals surface area contributed by atoms with Crippen molar-refractivity contribution in [3.63, 3.8) is 0 Å². The van der Waals surface area contributed by atoms with Gasteiger partial charge < -0.3 is 0 Å². The highest BCUT2D eigenvalue weighted by atomic mass is 35.5. The second kappa shape index (κ2) is 9.18. The summed E-state index contributed by atoms with van der Waals surface area (Å²) >= 11 is 0. The number of hydrogen-bond donors (Lipinski definition) is 0. The smallest absolute Gasteiger partial charge is 0.178 e. The first kappa shape index (κ1) is 22.6. The van der Waals surface area contributed by atoms with Crippen molar-refractivity contribution < 1.29 is 12.8 Å². The summed E-state index contributed by atoms with van der Waals surface area (Å²) in [5.41, 5.74) is 1.02. The lowest BCUT2D eigenvalue weighted by Gasteiger charge is -2.39. The van der Waals surface area contributed by atoms with Gasteiger partial charge in [-0.1, -0.05) is 24.3 Å². The number of sulfone groups is 1. The summed E-state index contributed by atoms with van der Waals surface area (Å²) in [7, 11) is -3.38. The lowest BCUT2D eigenvalue weighted by molar-refractivity contribution is 0.106. The van der Waals surface area contributed by atoms with Crippen molar-refractivity contribution in [2.75, 3.05) is 18.8 Å². The second-order valence-corrected chi connectivity index (χ2v) is 8.81. The Balaban J connectivity index is 0.00000140.